The Hall–Kier alpha value is -1.02. The first kappa shape index (κ1) is 25.2. The Morgan fingerprint density at radius 2 is 1.63 bits per heavy atom. The molecule has 2 aliphatic heterocycles. The van der Waals surface area contributed by atoms with E-state index in [9.17, 15) is 43.9 Å². The van der Waals surface area contributed by atoms with E-state index in [4.69, 9.17) is 18.8 Å². The lowest BCUT2D eigenvalue weighted by Crippen LogP contribution is -2.67. The van der Waals surface area contributed by atoms with Gasteiger partial charge in [0, 0.05) is 6.92 Å². The Labute approximate surface area is 170 Å². The van der Waals surface area contributed by atoms with Crippen molar-refractivity contribution in [2.24, 2.45) is 0 Å². The lowest BCUT2D eigenvalue weighted by atomic mass is 9.95. The maximum atomic E-state index is 11.3. The summed E-state index contributed by atoms with van der Waals surface area (Å²) in [5, 5.41) is 61.8. The van der Waals surface area contributed by atoms with Gasteiger partial charge in [-0.15, -0.1) is 0 Å². The third kappa shape index (κ3) is 6.02. The summed E-state index contributed by atoms with van der Waals surface area (Å²) >= 11 is 0. The second-order valence-corrected chi connectivity index (χ2v) is 7.88. The van der Waals surface area contributed by atoms with Gasteiger partial charge in [-0.25, -0.2) is 4.18 Å². The molecule has 15 nitrogen and oxygen atoms in total. The molecule has 0 unspecified atom stereocenters. The minimum absolute atomic E-state index is 0.666. The summed E-state index contributed by atoms with van der Waals surface area (Å²) < 4.78 is 50.3. The molecule has 2 heterocycles. The number of aliphatic hydroxyl groups is 6. The van der Waals surface area contributed by atoms with Crippen LogP contribution in [0.15, 0.2) is 0 Å². The van der Waals surface area contributed by atoms with E-state index >= 15 is 0 Å². The Kier molecular flexibility index (Phi) is 8.47. The van der Waals surface area contributed by atoms with Gasteiger partial charge < -0.3 is 50.2 Å². The first-order valence-electron chi connectivity index (χ1n) is 8.72. The van der Waals surface area contributed by atoms with Gasteiger partial charge in [0.05, 0.1) is 13.2 Å². The van der Waals surface area contributed by atoms with Crippen LogP contribution in [0, 0.1) is 0 Å². The van der Waals surface area contributed by atoms with Crippen LogP contribution >= 0.6 is 0 Å². The SMILES string of the molecule is CC(=O)N[C@@H]1[C@@H](O)[C@H](O[C@@H]2O[C@H](CO)[C@H](O)[C@H](O)[C@H]2O)[C@@H](COS(=O)(=O)O)O[C@@H]1O. The van der Waals surface area contributed by atoms with Crippen molar-refractivity contribution in [3.05, 3.63) is 0 Å². The minimum Gasteiger partial charge on any atom is -0.394 e. The first-order valence-corrected chi connectivity index (χ1v) is 10.1. The number of hydrogen-bond donors (Lipinski definition) is 8. The molecule has 0 radical (unpaired) electrons. The van der Waals surface area contributed by atoms with Crippen LogP contribution in [0.1, 0.15) is 6.92 Å². The number of carbonyl (C=O) groups excluding carboxylic acids is 1. The molecule has 8 N–H and O–H groups in total. The van der Waals surface area contributed by atoms with E-state index in [-0.39, 0.29) is 0 Å². The smallest absolute Gasteiger partial charge is 0.394 e. The largest absolute Gasteiger partial charge is 0.397 e. The highest BCUT2D eigenvalue weighted by atomic mass is 32.3. The van der Waals surface area contributed by atoms with Gasteiger partial charge in [-0.2, -0.15) is 8.42 Å². The highest BCUT2D eigenvalue weighted by Crippen LogP contribution is 2.29. The molecule has 0 bridgehead atoms. The van der Waals surface area contributed by atoms with E-state index in [1.165, 1.54) is 0 Å². The van der Waals surface area contributed by atoms with Crippen LogP contribution in [0.3, 0.4) is 0 Å². The van der Waals surface area contributed by atoms with Crippen LogP contribution in [-0.2, 0) is 33.6 Å². The average Bonchev–Trinajstić information content (AvgIpc) is 2.65. The van der Waals surface area contributed by atoms with E-state index in [0.717, 1.165) is 6.92 Å². The Morgan fingerprint density at radius 1 is 1.00 bits per heavy atom. The van der Waals surface area contributed by atoms with Crippen molar-refractivity contribution in [3.8, 4) is 0 Å². The molecule has 0 aromatic heterocycles. The highest BCUT2D eigenvalue weighted by Gasteiger charge is 2.51. The topological polar surface area (TPSA) is 242 Å². The van der Waals surface area contributed by atoms with Gasteiger partial charge in [0.15, 0.2) is 12.6 Å². The van der Waals surface area contributed by atoms with Crippen LogP contribution < -0.4 is 5.32 Å². The zero-order valence-electron chi connectivity index (χ0n) is 15.6. The maximum absolute atomic E-state index is 11.3. The zero-order chi connectivity index (χ0) is 22.8. The number of aliphatic hydroxyl groups excluding tert-OH is 6. The molecule has 2 rings (SSSR count). The van der Waals surface area contributed by atoms with Gasteiger partial charge in [0.1, 0.15) is 48.8 Å². The van der Waals surface area contributed by atoms with Gasteiger partial charge in [0.2, 0.25) is 5.91 Å². The predicted octanol–water partition coefficient (Wildman–Crippen LogP) is -5.43. The molecule has 0 spiro atoms. The van der Waals surface area contributed by atoms with Crippen molar-refractivity contribution >= 4 is 16.3 Å². The predicted molar refractivity (Wildman–Crippen MR) is 90.6 cm³/mol. The Balaban J connectivity index is 2.25. The Morgan fingerprint density at radius 3 is 2.17 bits per heavy atom. The first-order chi connectivity index (χ1) is 13.9. The van der Waals surface area contributed by atoms with Gasteiger partial charge in [0.25, 0.3) is 0 Å². The second kappa shape index (κ2) is 10.1. The summed E-state index contributed by atoms with van der Waals surface area (Å²) in [7, 11) is -4.94. The van der Waals surface area contributed by atoms with Crippen LogP contribution in [0.5, 0.6) is 0 Å². The minimum atomic E-state index is -4.94. The molecule has 0 saturated carbocycles. The number of rotatable bonds is 7. The second-order valence-electron chi connectivity index (χ2n) is 6.79. The molecule has 0 aromatic rings. The van der Waals surface area contributed by atoms with Crippen molar-refractivity contribution in [1.82, 2.24) is 5.32 Å². The third-order valence-corrected chi connectivity index (χ3v) is 5.02. The number of ether oxygens (including phenoxy) is 3. The molecule has 2 fully saturated rings. The molecule has 0 aliphatic carbocycles. The van der Waals surface area contributed by atoms with Crippen LogP contribution in [0.4, 0.5) is 0 Å². The van der Waals surface area contributed by atoms with Crippen molar-refractivity contribution in [1.29, 1.82) is 0 Å². The lowest BCUT2D eigenvalue weighted by molar-refractivity contribution is -0.344. The Bertz CT molecular complexity index is 688. The van der Waals surface area contributed by atoms with Gasteiger partial charge >= 0.3 is 10.4 Å². The van der Waals surface area contributed by atoms with Gasteiger partial charge in [-0.05, 0) is 0 Å². The molecule has 10 atom stereocenters. The fourth-order valence-electron chi connectivity index (χ4n) is 3.12. The van der Waals surface area contributed by atoms with Crippen molar-refractivity contribution in [2.45, 2.75) is 68.3 Å². The zero-order valence-corrected chi connectivity index (χ0v) is 16.4. The molecule has 1 amide bonds. The molecular weight excluding hydrogens is 438 g/mol. The van der Waals surface area contributed by atoms with E-state index in [1.807, 2.05) is 0 Å². The average molecular weight is 463 g/mol. The third-order valence-electron chi connectivity index (χ3n) is 4.58. The van der Waals surface area contributed by atoms with E-state index in [1.54, 1.807) is 0 Å². The molecule has 30 heavy (non-hydrogen) atoms. The quantitative estimate of drug-likeness (QED) is 0.164. The molecule has 2 aliphatic rings. The summed E-state index contributed by atoms with van der Waals surface area (Å²) in [6, 6.07) is -1.46. The van der Waals surface area contributed by atoms with Crippen molar-refractivity contribution in [2.75, 3.05) is 13.2 Å². The molecule has 176 valence electrons. The number of nitrogens with one attached hydrogen (secondary N) is 1. The lowest BCUT2D eigenvalue weighted by Gasteiger charge is -2.46. The van der Waals surface area contributed by atoms with E-state index in [2.05, 4.69) is 9.50 Å². The molecular formula is C14H25NO14S. The summed E-state index contributed by atoms with van der Waals surface area (Å²) in [6.45, 7) is -0.640. The number of carbonyl (C=O) groups is 1. The van der Waals surface area contributed by atoms with Gasteiger partial charge in [-0.1, -0.05) is 0 Å². The van der Waals surface area contributed by atoms with Crippen molar-refractivity contribution in [3.63, 3.8) is 0 Å². The number of amides is 1. The van der Waals surface area contributed by atoms with Crippen LogP contribution in [0.25, 0.3) is 0 Å². The monoisotopic (exact) mass is 463 g/mol. The van der Waals surface area contributed by atoms with E-state index in [0.29, 0.717) is 0 Å². The van der Waals surface area contributed by atoms with E-state index < -0.39 is 90.9 Å². The summed E-state index contributed by atoms with van der Waals surface area (Å²) in [5.74, 6) is -0.666. The summed E-state index contributed by atoms with van der Waals surface area (Å²) in [5.41, 5.74) is 0. The highest BCUT2D eigenvalue weighted by molar-refractivity contribution is 7.80. The fourth-order valence-corrected chi connectivity index (χ4v) is 3.42. The normalized spacial score (nSPS) is 42.7. The molecule has 2 saturated heterocycles. The molecule has 16 heteroatoms. The summed E-state index contributed by atoms with van der Waals surface area (Å²) in [6.07, 6.45) is -15.3. The van der Waals surface area contributed by atoms with Gasteiger partial charge in [-0.3, -0.25) is 9.35 Å². The maximum Gasteiger partial charge on any atom is 0.397 e. The standard InChI is InChI=1S/C14H25NO14S/c1-4(17)15-7-9(19)12(6(27-13(7)22)3-26-30(23,24)25)29-14-11(21)10(20)8(18)5(2-16)28-14/h5-14,16,18-22H,2-3H2,1H3,(H,15,17)(H,23,24,25)/t5-,6-,7-,8+,9-,10+,11-,12-,13+,14+/m1/s1. The number of hydrogen-bond acceptors (Lipinski definition) is 13. The van der Waals surface area contributed by atoms with Crippen molar-refractivity contribution < 1.29 is 66.8 Å². The summed E-state index contributed by atoms with van der Waals surface area (Å²) in [4.78, 5) is 11.3. The van der Waals surface area contributed by atoms with Crippen LogP contribution in [-0.4, -0.2) is 124 Å². The molecule has 0 aromatic carbocycles. The fraction of sp³-hybridized carbons (Fsp3) is 0.929. The van der Waals surface area contributed by atoms with Crippen LogP contribution in [0.2, 0.25) is 0 Å².